The smallest absolute Gasteiger partial charge is 0.252 e. The fourth-order valence-electron chi connectivity index (χ4n) is 8.39. The summed E-state index contributed by atoms with van der Waals surface area (Å²) in [4.78, 5) is 5.05. The zero-order chi connectivity index (χ0) is 32.2. The quantitative estimate of drug-likeness (QED) is 0.182. The minimum absolute atomic E-state index is 0.106. The van der Waals surface area contributed by atoms with Crippen molar-refractivity contribution in [3.05, 3.63) is 125 Å². The van der Waals surface area contributed by atoms with Crippen molar-refractivity contribution in [2.45, 2.75) is 84.5 Å². The first kappa shape index (κ1) is 29.2. The summed E-state index contributed by atoms with van der Waals surface area (Å²) in [7, 11) is 0. The third kappa shape index (κ3) is 4.31. The molecule has 2 heterocycles. The molecule has 5 aromatic carbocycles. The molecule has 0 aromatic heterocycles. The second kappa shape index (κ2) is 9.88. The molecule has 1 aliphatic carbocycles. The highest BCUT2D eigenvalue weighted by atomic mass is 15.2. The molecule has 3 heteroatoms. The van der Waals surface area contributed by atoms with Gasteiger partial charge in [-0.15, -0.1) is 0 Å². The molecule has 2 aliphatic heterocycles. The minimum atomic E-state index is 0.106. The van der Waals surface area contributed by atoms with Gasteiger partial charge in [0.25, 0.3) is 6.71 Å². The van der Waals surface area contributed by atoms with Gasteiger partial charge < -0.3 is 9.80 Å². The monoisotopic (exact) mass is 600 g/mol. The molecule has 0 spiro atoms. The predicted molar refractivity (Wildman–Crippen MR) is 199 cm³/mol. The van der Waals surface area contributed by atoms with Gasteiger partial charge in [-0.05, 0) is 118 Å². The highest BCUT2D eigenvalue weighted by Crippen LogP contribution is 2.49. The summed E-state index contributed by atoms with van der Waals surface area (Å²) in [6, 6.07) is 39.6. The van der Waals surface area contributed by atoms with Crippen LogP contribution in [0.1, 0.15) is 83.6 Å². The summed E-state index contributed by atoms with van der Waals surface area (Å²) in [5, 5.41) is 0. The van der Waals surface area contributed by atoms with Gasteiger partial charge in [-0.3, -0.25) is 0 Å². The van der Waals surface area contributed by atoms with Crippen LogP contribution in [0.2, 0.25) is 0 Å². The maximum Gasteiger partial charge on any atom is 0.252 e. The summed E-state index contributed by atoms with van der Waals surface area (Å²) in [5.41, 5.74) is 17.7. The fourth-order valence-corrected chi connectivity index (χ4v) is 8.39. The van der Waals surface area contributed by atoms with Crippen LogP contribution in [0.3, 0.4) is 0 Å². The first-order valence-electron chi connectivity index (χ1n) is 17.0. The van der Waals surface area contributed by atoms with E-state index in [0.29, 0.717) is 0 Å². The van der Waals surface area contributed by atoms with Crippen LogP contribution < -0.4 is 26.2 Å². The Bertz CT molecular complexity index is 2010. The van der Waals surface area contributed by atoms with Crippen LogP contribution in [0.15, 0.2) is 103 Å². The largest absolute Gasteiger partial charge is 0.311 e. The molecule has 0 fully saturated rings. The van der Waals surface area contributed by atoms with Gasteiger partial charge >= 0.3 is 0 Å². The van der Waals surface area contributed by atoms with Gasteiger partial charge in [0.1, 0.15) is 0 Å². The minimum Gasteiger partial charge on any atom is -0.311 e. The standard InChI is InChI=1S/C43H45BN2/c1-28-16-23-37-35(26-28)44-34-12-9-10-13-36(34)46(31-21-22-32-33(27-31)43(7,8)25-24-42(32,5)6)39-15-11-14-38(40(39)44)45(37)30-19-17-29(18-20-30)41(2,3)4/h9-23,26-27H,24-25H2,1-8H3. The second-order valence-electron chi connectivity index (χ2n) is 16.2. The van der Waals surface area contributed by atoms with Crippen LogP contribution >= 0.6 is 0 Å². The Morgan fingerprint density at radius 3 is 1.85 bits per heavy atom. The third-order valence-corrected chi connectivity index (χ3v) is 11.1. The number of hydrogen-bond acceptors (Lipinski definition) is 2. The lowest BCUT2D eigenvalue weighted by molar-refractivity contribution is 0.332. The van der Waals surface area contributed by atoms with E-state index in [2.05, 4.69) is 168 Å². The predicted octanol–water partition coefficient (Wildman–Crippen LogP) is 9.72. The normalized spacial score (nSPS) is 17.2. The first-order valence-corrected chi connectivity index (χ1v) is 17.0. The average Bonchev–Trinajstić information content (AvgIpc) is 3.03. The number of anilines is 6. The molecule has 0 radical (unpaired) electrons. The van der Waals surface area contributed by atoms with E-state index in [4.69, 9.17) is 0 Å². The molecule has 3 aliphatic rings. The first-order chi connectivity index (χ1) is 21.8. The topological polar surface area (TPSA) is 6.48 Å². The van der Waals surface area contributed by atoms with E-state index in [1.165, 1.54) is 85.6 Å². The Balaban J connectivity index is 1.38. The maximum atomic E-state index is 2.55. The van der Waals surface area contributed by atoms with E-state index < -0.39 is 0 Å². The van der Waals surface area contributed by atoms with Gasteiger partial charge in [0.2, 0.25) is 0 Å². The molecule has 46 heavy (non-hydrogen) atoms. The number of benzene rings is 5. The van der Waals surface area contributed by atoms with Crippen LogP contribution in [-0.4, -0.2) is 6.71 Å². The van der Waals surface area contributed by atoms with Crippen molar-refractivity contribution in [1.82, 2.24) is 0 Å². The van der Waals surface area contributed by atoms with Gasteiger partial charge in [0, 0.05) is 34.1 Å². The Hall–Kier alpha value is -4.24. The molecule has 5 aromatic rings. The summed E-state index contributed by atoms with van der Waals surface area (Å²) in [5.74, 6) is 0. The fraction of sp³-hybridized carbons (Fsp3) is 0.302. The lowest BCUT2D eigenvalue weighted by Crippen LogP contribution is -2.61. The van der Waals surface area contributed by atoms with E-state index in [9.17, 15) is 0 Å². The van der Waals surface area contributed by atoms with Crippen molar-refractivity contribution in [3.63, 3.8) is 0 Å². The molecule has 0 N–H and O–H groups in total. The van der Waals surface area contributed by atoms with Crippen LogP contribution in [0.4, 0.5) is 34.1 Å². The van der Waals surface area contributed by atoms with Crippen molar-refractivity contribution in [2.24, 2.45) is 0 Å². The highest BCUT2D eigenvalue weighted by Gasteiger charge is 2.44. The molecular weight excluding hydrogens is 555 g/mol. The van der Waals surface area contributed by atoms with Gasteiger partial charge in [0.15, 0.2) is 0 Å². The van der Waals surface area contributed by atoms with E-state index in [0.717, 1.165) is 0 Å². The van der Waals surface area contributed by atoms with Gasteiger partial charge in [0.05, 0.1) is 0 Å². The van der Waals surface area contributed by atoms with Crippen molar-refractivity contribution in [3.8, 4) is 0 Å². The van der Waals surface area contributed by atoms with Crippen molar-refractivity contribution in [2.75, 3.05) is 9.80 Å². The number of rotatable bonds is 2. The molecule has 0 saturated heterocycles. The van der Waals surface area contributed by atoms with Gasteiger partial charge in [-0.1, -0.05) is 109 Å². The molecule has 0 amide bonds. The zero-order valence-corrected chi connectivity index (χ0v) is 28.7. The summed E-state index contributed by atoms with van der Waals surface area (Å²) >= 11 is 0. The van der Waals surface area contributed by atoms with Crippen LogP contribution in [-0.2, 0) is 16.2 Å². The van der Waals surface area contributed by atoms with E-state index in [-0.39, 0.29) is 23.0 Å². The Morgan fingerprint density at radius 1 is 0.565 bits per heavy atom. The average molecular weight is 601 g/mol. The molecule has 0 saturated carbocycles. The molecule has 0 atom stereocenters. The van der Waals surface area contributed by atoms with Gasteiger partial charge in [-0.25, -0.2) is 0 Å². The molecule has 0 bridgehead atoms. The van der Waals surface area contributed by atoms with Gasteiger partial charge in [-0.2, -0.15) is 0 Å². The zero-order valence-electron chi connectivity index (χ0n) is 28.7. The van der Waals surface area contributed by atoms with Crippen molar-refractivity contribution in [1.29, 1.82) is 0 Å². The Morgan fingerprint density at radius 2 is 1.15 bits per heavy atom. The molecule has 8 rings (SSSR count). The highest BCUT2D eigenvalue weighted by molar-refractivity contribution is 7.00. The van der Waals surface area contributed by atoms with E-state index in [1.54, 1.807) is 0 Å². The molecule has 2 nitrogen and oxygen atoms in total. The lowest BCUT2D eigenvalue weighted by atomic mass is 9.33. The number of para-hydroxylation sites is 1. The summed E-state index contributed by atoms with van der Waals surface area (Å²) in [6.45, 7) is 18.9. The van der Waals surface area contributed by atoms with Crippen LogP contribution in [0, 0.1) is 6.92 Å². The number of fused-ring (bicyclic) bond motifs is 5. The molecule has 0 unspecified atom stereocenters. The van der Waals surface area contributed by atoms with Crippen LogP contribution in [0.5, 0.6) is 0 Å². The maximum absolute atomic E-state index is 2.55. The van der Waals surface area contributed by atoms with E-state index >= 15 is 0 Å². The second-order valence-corrected chi connectivity index (χ2v) is 16.2. The van der Waals surface area contributed by atoms with Crippen molar-refractivity contribution >= 4 is 57.2 Å². The Labute approximate surface area is 276 Å². The third-order valence-electron chi connectivity index (χ3n) is 11.1. The van der Waals surface area contributed by atoms with Crippen LogP contribution in [0.25, 0.3) is 0 Å². The van der Waals surface area contributed by atoms with Crippen molar-refractivity contribution < 1.29 is 0 Å². The van der Waals surface area contributed by atoms with E-state index in [1.807, 2.05) is 0 Å². The molecule has 230 valence electrons. The summed E-state index contributed by atoms with van der Waals surface area (Å²) < 4.78 is 0. The number of nitrogens with zero attached hydrogens (tertiary/aromatic N) is 2. The summed E-state index contributed by atoms with van der Waals surface area (Å²) in [6.07, 6.45) is 2.42. The number of hydrogen-bond donors (Lipinski definition) is 0. The SMILES string of the molecule is Cc1ccc2c(c1)B1c3ccccc3N(c3ccc4c(c3)C(C)(C)CCC4(C)C)c3cccc(c31)N2c1ccc(C(C)(C)C)cc1. The number of aryl methyl sites for hydroxylation is 1. The lowest BCUT2D eigenvalue weighted by Gasteiger charge is -2.45. The molecular formula is C43H45BN2. The Kier molecular flexibility index (Phi) is 6.27.